The van der Waals surface area contributed by atoms with Crippen LogP contribution in [0, 0.1) is 0 Å². The maximum Gasteiger partial charge on any atom is 0.411 e. The first-order valence-electron chi connectivity index (χ1n) is 4.08. The third-order valence-electron chi connectivity index (χ3n) is 1.55. The zero-order valence-electron chi connectivity index (χ0n) is 7.61. The Kier molecular flexibility index (Phi) is 3.98. The second-order valence-electron chi connectivity index (χ2n) is 2.73. The quantitative estimate of drug-likeness (QED) is 0.828. The van der Waals surface area contributed by atoms with Gasteiger partial charge >= 0.3 is 6.18 Å². The van der Waals surface area contributed by atoms with E-state index in [1.54, 1.807) is 0 Å². The van der Waals surface area contributed by atoms with Gasteiger partial charge in [-0.25, -0.2) is 9.97 Å². The lowest BCUT2D eigenvalue weighted by molar-refractivity contribution is -0.189. The molecule has 15 heavy (non-hydrogen) atoms. The second-order valence-corrected chi connectivity index (χ2v) is 2.73. The van der Waals surface area contributed by atoms with Crippen molar-refractivity contribution in [2.24, 2.45) is 0 Å². The Morgan fingerprint density at radius 3 is 2.67 bits per heavy atom. The highest BCUT2D eigenvalue weighted by atomic mass is 19.4. The highest BCUT2D eigenvalue weighted by Gasteiger charge is 2.29. The summed E-state index contributed by atoms with van der Waals surface area (Å²) < 4.78 is 40.0. The van der Waals surface area contributed by atoms with Gasteiger partial charge < -0.3 is 9.84 Å². The van der Waals surface area contributed by atoms with E-state index in [0.29, 0.717) is 0 Å². The molecule has 0 aliphatic heterocycles. The van der Waals surface area contributed by atoms with Crippen molar-refractivity contribution in [3.05, 3.63) is 24.3 Å². The minimum Gasteiger partial charge on any atom is -0.393 e. The Hall–Kier alpha value is -1.21. The second kappa shape index (κ2) is 5.04. The zero-order chi connectivity index (χ0) is 11.3. The number of hydrogen-bond donors (Lipinski definition) is 1. The predicted octanol–water partition coefficient (Wildman–Crippen LogP) is 1.09. The van der Waals surface area contributed by atoms with Crippen LogP contribution in [-0.2, 0) is 4.74 Å². The molecule has 0 saturated carbocycles. The van der Waals surface area contributed by atoms with Crippen molar-refractivity contribution in [3.63, 3.8) is 0 Å². The monoisotopic (exact) mass is 222 g/mol. The van der Waals surface area contributed by atoms with Crippen molar-refractivity contribution in [2.75, 3.05) is 13.2 Å². The summed E-state index contributed by atoms with van der Waals surface area (Å²) in [6.07, 6.45) is -2.95. The van der Waals surface area contributed by atoms with E-state index in [1.807, 2.05) is 0 Å². The summed E-state index contributed by atoms with van der Waals surface area (Å²) in [6, 6.07) is 1.39. The average Bonchev–Trinajstić information content (AvgIpc) is 2.19. The Balaban J connectivity index is 2.58. The van der Waals surface area contributed by atoms with Crippen molar-refractivity contribution in [1.29, 1.82) is 0 Å². The molecule has 0 radical (unpaired) electrons. The summed E-state index contributed by atoms with van der Waals surface area (Å²) in [5.41, 5.74) is 0.219. The highest BCUT2D eigenvalue weighted by Crippen LogP contribution is 2.20. The van der Waals surface area contributed by atoms with Crippen LogP contribution in [-0.4, -0.2) is 34.5 Å². The first-order chi connectivity index (χ1) is 7.03. The number of alkyl halides is 3. The molecule has 0 aliphatic rings. The minimum atomic E-state index is -4.42. The maximum atomic E-state index is 11.8. The highest BCUT2D eigenvalue weighted by molar-refractivity contribution is 5.02. The van der Waals surface area contributed by atoms with Gasteiger partial charge in [-0.05, 0) is 6.07 Å². The van der Waals surface area contributed by atoms with E-state index in [9.17, 15) is 13.2 Å². The van der Waals surface area contributed by atoms with Crippen LogP contribution in [0.4, 0.5) is 13.2 Å². The van der Waals surface area contributed by atoms with E-state index in [0.717, 1.165) is 0 Å². The average molecular weight is 222 g/mol. The van der Waals surface area contributed by atoms with Crippen molar-refractivity contribution in [3.8, 4) is 0 Å². The molecule has 84 valence electrons. The summed E-state index contributed by atoms with van der Waals surface area (Å²) in [7, 11) is 0. The van der Waals surface area contributed by atoms with Gasteiger partial charge in [0.05, 0.1) is 12.3 Å². The van der Waals surface area contributed by atoms with Gasteiger partial charge in [-0.2, -0.15) is 13.2 Å². The molecule has 1 unspecified atom stereocenters. The van der Waals surface area contributed by atoms with Crippen LogP contribution in [0.2, 0.25) is 0 Å². The van der Waals surface area contributed by atoms with Gasteiger partial charge in [0.2, 0.25) is 0 Å². The molecule has 7 heteroatoms. The van der Waals surface area contributed by atoms with Gasteiger partial charge in [0.15, 0.2) is 0 Å². The lowest BCUT2D eigenvalue weighted by Crippen LogP contribution is -2.21. The normalized spacial score (nSPS) is 13.9. The number of ether oxygens (including phenoxy) is 1. The molecule has 0 spiro atoms. The van der Waals surface area contributed by atoms with Gasteiger partial charge in [0.1, 0.15) is 19.0 Å². The number of nitrogens with zero attached hydrogens (tertiary/aromatic N) is 2. The number of halogens is 3. The molecule has 1 N–H and O–H groups in total. The van der Waals surface area contributed by atoms with E-state index < -0.39 is 25.5 Å². The summed E-state index contributed by atoms with van der Waals surface area (Å²) in [5, 5.41) is 8.82. The fraction of sp³-hybridized carbons (Fsp3) is 0.500. The Morgan fingerprint density at radius 2 is 2.20 bits per heavy atom. The number of rotatable bonds is 4. The van der Waals surface area contributed by atoms with Crippen molar-refractivity contribution in [2.45, 2.75) is 12.3 Å². The van der Waals surface area contributed by atoms with Gasteiger partial charge in [0.25, 0.3) is 0 Å². The third-order valence-corrected chi connectivity index (χ3v) is 1.55. The molecular formula is C8H9F3N2O2. The molecule has 1 rings (SSSR count). The third kappa shape index (κ3) is 4.22. The molecule has 0 fully saturated rings. The first-order valence-corrected chi connectivity index (χ1v) is 4.08. The van der Waals surface area contributed by atoms with Gasteiger partial charge in [-0.3, -0.25) is 0 Å². The lowest BCUT2D eigenvalue weighted by Gasteiger charge is -2.15. The number of hydrogen-bond acceptors (Lipinski definition) is 4. The van der Waals surface area contributed by atoms with Crippen LogP contribution < -0.4 is 0 Å². The molecule has 4 nitrogen and oxygen atoms in total. The molecule has 0 aromatic carbocycles. The van der Waals surface area contributed by atoms with Gasteiger partial charge in [0, 0.05) is 6.20 Å². The summed E-state index contributed by atoms with van der Waals surface area (Å²) >= 11 is 0. The molecule has 0 bridgehead atoms. The summed E-state index contributed by atoms with van der Waals surface area (Å²) in [4.78, 5) is 7.29. The standard InChI is InChI=1S/C8H9F3N2O2/c9-8(10,11)4-15-7(3-14)6-1-2-12-5-13-6/h1-2,5,7,14H,3-4H2. The van der Waals surface area contributed by atoms with Gasteiger partial charge in [-0.15, -0.1) is 0 Å². The number of aromatic nitrogens is 2. The molecule has 1 aromatic rings. The minimum absolute atomic E-state index is 0.219. The van der Waals surface area contributed by atoms with Crippen LogP contribution in [0.25, 0.3) is 0 Å². The first kappa shape index (κ1) is 11.9. The van der Waals surface area contributed by atoms with E-state index in [2.05, 4.69) is 14.7 Å². The molecule has 1 atom stereocenters. The maximum absolute atomic E-state index is 11.8. The molecule has 0 amide bonds. The van der Waals surface area contributed by atoms with Crippen molar-refractivity contribution in [1.82, 2.24) is 9.97 Å². The van der Waals surface area contributed by atoms with Crippen LogP contribution in [0.3, 0.4) is 0 Å². The zero-order valence-corrected chi connectivity index (χ0v) is 7.61. The smallest absolute Gasteiger partial charge is 0.393 e. The number of aliphatic hydroxyl groups is 1. The van der Waals surface area contributed by atoms with Crippen molar-refractivity contribution >= 4 is 0 Å². The Labute approximate surface area is 83.7 Å². The van der Waals surface area contributed by atoms with E-state index in [4.69, 9.17) is 5.11 Å². The van der Waals surface area contributed by atoms with E-state index in [1.165, 1.54) is 18.6 Å². The SMILES string of the molecule is OCC(OCC(F)(F)F)c1ccncn1. The summed E-state index contributed by atoms with van der Waals surface area (Å²) in [6.45, 7) is -1.98. The largest absolute Gasteiger partial charge is 0.411 e. The molecule has 1 aromatic heterocycles. The van der Waals surface area contributed by atoms with E-state index in [-0.39, 0.29) is 5.69 Å². The molecule has 0 saturated heterocycles. The van der Waals surface area contributed by atoms with Crippen LogP contribution in [0.15, 0.2) is 18.6 Å². The fourth-order valence-electron chi connectivity index (χ4n) is 0.918. The molecular weight excluding hydrogens is 213 g/mol. The molecule has 0 aliphatic carbocycles. The summed E-state index contributed by atoms with van der Waals surface area (Å²) in [5.74, 6) is 0. The van der Waals surface area contributed by atoms with Crippen molar-refractivity contribution < 1.29 is 23.0 Å². The lowest BCUT2D eigenvalue weighted by atomic mass is 10.2. The van der Waals surface area contributed by atoms with E-state index >= 15 is 0 Å². The molecule has 1 heterocycles. The fourth-order valence-corrected chi connectivity index (χ4v) is 0.918. The van der Waals surface area contributed by atoms with Crippen LogP contribution in [0.1, 0.15) is 11.8 Å². The number of aliphatic hydroxyl groups excluding tert-OH is 1. The van der Waals surface area contributed by atoms with Crippen LogP contribution >= 0.6 is 0 Å². The van der Waals surface area contributed by atoms with Gasteiger partial charge in [-0.1, -0.05) is 0 Å². The predicted molar refractivity (Wildman–Crippen MR) is 43.9 cm³/mol. The Bertz CT molecular complexity index is 292. The topological polar surface area (TPSA) is 55.2 Å². The Morgan fingerprint density at radius 1 is 1.47 bits per heavy atom. The van der Waals surface area contributed by atoms with Crippen LogP contribution in [0.5, 0.6) is 0 Å².